The normalized spacial score (nSPS) is 17.6. The van der Waals surface area contributed by atoms with Crippen LogP contribution in [0.3, 0.4) is 0 Å². The van der Waals surface area contributed by atoms with Crippen molar-refractivity contribution in [2.45, 2.75) is 38.5 Å². The molecule has 8 nitrogen and oxygen atoms in total. The highest BCUT2D eigenvalue weighted by molar-refractivity contribution is 5.77. The number of likely N-dealkylation sites (tertiary alicyclic amines) is 1. The van der Waals surface area contributed by atoms with E-state index in [9.17, 15) is 4.79 Å². The highest BCUT2D eigenvalue weighted by Gasteiger charge is 2.26. The molecule has 1 fully saturated rings. The summed E-state index contributed by atoms with van der Waals surface area (Å²) in [4.78, 5) is 23.8. The van der Waals surface area contributed by atoms with E-state index < -0.39 is 0 Å². The molecule has 1 aromatic carbocycles. The SMILES string of the molecule is N#CCn1c(CN2CCCC2Cn2cncn2)nc2ccccc2c1=O. The van der Waals surface area contributed by atoms with Gasteiger partial charge in [-0.3, -0.25) is 18.9 Å². The van der Waals surface area contributed by atoms with Gasteiger partial charge in [0.2, 0.25) is 0 Å². The number of benzene rings is 1. The summed E-state index contributed by atoms with van der Waals surface area (Å²) in [6.07, 6.45) is 5.41. The lowest BCUT2D eigenvalue weighted by molar-refractivity contribution is 0.211. The summed E-state index contributed by atoms with van der Waals surface area (Å²) >= 11 is 0. The summed E-state index contributed by atoms with van der Waals surface area (Å²) in [5.74, 6) is 0.640. The highest BCUT2D eigenvalue weighted by atomic mass is 16.1. The van der Waals surface area contributed by atoms with E-state index in [0.29, 0.717) is 29.3 Å². The molecule has 0 aliphatic carbocycles. The smallest absolute Gasteiger partial charge is 0.262 e. The minimum absolute atomic E-state index is 0.00752. The average Bonchev–Trinajstić information content (AvgIpc) is 3.31. The molecular weight excluding hydrogens is 330 g/mol. The lowest BCUT2D eigenvalue weighted by Gasteiger charge is -2.25. The molecule has 2 aromatic heterocycles. The summed E-state index contributed by atoms with van der Waals surface area (Å²) in [6, 6.07) is 9.68. The Morgan fingerprint density at radius 2 is 2.19 bits per heavy atom. The van der Waals surface area contributed by atoms with Crippen molar-refractivity contribution in [3.8, 4) is 6.07 Å². The fraction of sp³-hybridized carbons (Fsp3) is 0.389. The maximum atomic E-state index is 12.8. The molecule has 3 heterocycles. The fourth-order valence-electron chi connectivity index (χ4n) is 3.60. The molecule has 3 aromatic rings. The first-order valence-corrected chi connectivity index (χ1v) is 8.68. The molecule has 1 aliphatic rings. The van der Waals surface area contributed by atoms with Crippen LogP contribution >= 0.6 is 0 Å². The van der Waals surface area contributed by atoms with Crippen molar-refractivity contribution in [1.29, 1.82) is 5.26 Å². The quantitative estimate of drug-likeness (QED) is 0.687. The Hall–Kier alpha value is -3.05. The van der Waals surface area contributed by atoms with Gasteiger partial charge in [0.1, 0.15) is 25.0 Å². The summed E-state index contributed by atoms with van der Waals surface area (Å²) in [5.41, 5.74) is 0.521. The second kappa shape index (κ2) is 7.06. The number of nitriles is 1. The van der Waals surface area contributed by atoms with Gasteiger partial charge in [0.25, 0.3) is 5.56 Å². The van der Waals surface area contributed by atoms with Crippen molar-refractivity contribution >= 4 is 10.9 Å². The first-order chi connectivity index (χ1) is 12.8. The number of aromatic nitrogens is 5. The van der Waals surface area contributed by atoms with Gasteiger partial charge >= 0.3 is 0 Å². The predicted molar refractivity (Wildman–Crippen MR) is 95.1 cm³/mol. The summed E-state index contributed by atoms with van der Waals surface area (Å²) in [6.45, 7) is 2.25. The second-order valence-corrected chi connectivity index (χ2v) is 6.48. The van der Waals surface area contributed by atoms with Gasteiger partial charge in [-0.15, -0.1) is 0 Å². The Kier molecular flexibility index (Phi) is 4.46. The molecule has 0 radical (unpaired) electrons. The molecule has 0 bridgehead atoms. The molecular formula is C18H19N7O. The van der Waals surface area contributed by atoms with Crippen molar-refractivity contribution in [3.63, 3.8) is 0 Å². The molecule has 1 atom stereocenters. The number of hydrogen-bond acceptors (Lipinski definition) is 6. The van der Waals surface area contributed by atoms with Gasteiger partial charge < -0.3 is 0 Å². The monoisotopic (exact) mass is 349 g/mol. The van der Waals surface area contributed by atoms with Gasteiger partial charge in [-0.2, -0.15) is 10.4 Å². The van der Waals surface area contributed by atoms with Gasteiger partial charge in [-0.05, 0) is 31.5 Å². The minimum Gasteiger partial charge on any atom is -0.291 e. The summed E-state index contributed by atoms with van der Waals surface area (Å²) in [7, 11) is 0. The Morgan fingerprint density at radius 1 is 1.31 bits per heavy atom. The van der Waals surface area contributed by atoms with Crippen LogP contribution in [0.25, 0.3) is 10.9 Å². The molecule has 132 valence electrons. The number of nitrogens with zero attached hydrogens (tertiary/aromatic N) is 7. The van der Waals surface area contributed by atoms with Crippen LogP contribution in [0.5, 0.6) is 0 Å². The maximum absolute atomic E-state index is 12.8. The van der Waals surface area contributed by atoms with E-state index in [1.807, 2.05) is 22.9 Å². The second-order valence-electron chi connectivity index (χ2n) is 6.48. The van der Waals surface area contributed by atoms with Gasteiger partial charge in [-0.25, -0.2) is 9.97 Å². The van der Waals surface area contributed by atoms with Crippen LogP contribution in [0.15, 0.2) is 41.7 Å². The molecule has 0 amide bonds. The van der Waals surface area contributed by atoms with E-state index in [1.165, 1.54) is 10.9 Å². The van der Waals surface area contributed by atoms with Crippen LogP contribution < -0.4 is 5.56 Å². The minimum atomic E-state index is -0.154. The Morgan fingerprint density at radius 3 is 3.00 bits per heavy atom. The number of para-hydroxylation sites is 1. The van der Waals surface area contributed by atoms with Crippen LogP contribution in [0.2, 0.25) is 0 Å². The molecule has 1 aliphatic heterocycles. The standard InChI is InChI=1S/C18H19N7O/c19-7-9-25-17(22-16-6-2-1-5-15(16)18(25)26)11-23-8-3-4-14(23)10-24-13-20-12-21-24/h1-2,5-6,12-14H,3-4,8-11H2. The van der Waals surface area contributed by atoms with Gasteiger partial charge in [0.05, 0.1) is 30.1 Å². The van der Waals surface area contributed by atoms with E-state index in [2.05, 4.69) is 26.0 Å². The Balaban J connectivity index is 1.66. The number of rotatable bonds is 5. The zero-order chi connectivity index (χ0) is 17.9. The molecule has 0 saturated carbocycles. The fourth-order valence-corrected chi connectivity index (χ4v) is 3.60. The van der Waals surface area contributed by atoms with Crippen LogP contribution in [0.1, 0.15) is 18.7 Å². The molecule has 1 unspecified atom stereocenters. The van der Waals surface area contributed by atoms with Gasteiger partial charge in [-0.1, -0.05) is 12.1 Å². The zero-order valence-corrected chi connectivity index (χ0v) is 14.3. The highest BCUT2D eigenvalue weighted by Crippen LogP contribution is 2.21. The van der Waals surface area contributed by atoms with E-state index in [0.717, 1.165) is 25.9 Å². The molecule has 0 spiro atoms. The number of hydrogen-bond donors (Lipinski definition) is 0. The van der Waals surface area contributed by atoms with Crippen LogP contribution in [-0.4, -0.2) is 41.8 Å². The van der Waals surface area contributed by atoms with E-state index in [-0.39, 0.29) is 12.1 Å². The maximum Gasteiger partial charge on any atom is 0.262 e. The van der Waals surface area contributed by atoms with E-state index in [4.69, 9.17) is 5.26 Å². The zero-order valence-electron chi connectivity index (χ0n) is 14.3. The van der Waals surface area contributed by atoms with Crippen LogP contribution in [0.4, 0.5) is 0 Å². The average molecular weight is 349 g/mol. The molecule has 8 heteroatoms. The third-order valence-electron chi connectivity index (χ3n) is 4.88. The topological polar surface area (TPSA) is 92.6 Å². The Labute approximate surface area is 150 Å². The van der Waals surface area contributed by atoms with Crippen molar-refractivity contribution < 1.29 is 0 Å². The van der Waals surface area contributed by atoms with Crippen LogP contribution in [-0.2, 0) is 19.6 Å². The third-order valence-corrected chi connectivity index (χ3v) is 4.88. The lowest BCUT2D eigenvalue weighted by atomic mass is 10.2. The first-order valence-electron chi connectivity index (χ1n) is 8.68. The molecule has 26 heavy (non-hydrogen) atoms. The lowest BCUT2D eigenvalue weighted by Crippen LogP contribution is -2.36. The van der Waals surface area contributed by atoms with E-state index >= 15 is 0 Å². The van der Waals surface area contributed by atoms with Crippen molar-refractivity contribution in [2.24, 2.45) is 0 Å². The van der Waals surface area contributed by atoms with Crippen molar-refractivity contribution in [3.05, 3.63) is 53.1 Å². The van der Waals surface area contributed by atoms with Crippen LogP contribution in [0, 0.1) is 11.3 Å². The molecule has 0 N–H and O–H groups in total. The Bertz CT molecular complexity index is 1000. The predicted octanol–water partition coefficient (Wildman–Crippen LogP) is 1.18. The van der Waals surface area contributed by atoms with E-state index in [1.54, 1.807) is 12.4 Å². The summed E-state index contributed by atoms with van der Waals surface area (Å²) < 4.78 is 3.33. The first kappa shape index (κ1) is 16.4. The molecule has 1 saturated heterocycles. The van der Waals surface area contributed by atoms with Gasteiger partial charge in [0.15, 0.2) is 0 Å². The van der Waals surface area contributed by atoms with Crippen molar-refractivity contribution in [2.75, 3.05) is 6.54 Å². The number of fused-ring (bicyclic) bond motifs is 1. The van der Waals surface area contributed by atoms with Gasteiger partial charge in [0, 0.05) is 6.04 Å². The molecule has 4 rings (SSSR count). The largest absolute Gasteiger partial charge is 0.291 e. The third kappa shape index (κ3) is 3.09. The van der Waals surface area contributed by atoms with Crippen molar-refractivity contribution in [1.82, 2.24) is 29.2 Å². The summed E-state index contributed by atoms with van der Waals surface area (Å²) in [5, 5.41) is 13.9.